The molecule has 0 aliphatic heterocycles. The van der Waals surface area contributed by atoms with E-state index >= 15 is 0 Å². The summed E-state index contributed by atoms with van der Waals surface area (Å²) in [6, 6.07) is 11.0. The Labute approximate surface area is 179 Å². The molecule has 0 aliphatic carbocycles. The maximum absolute atomic E-state index is 12.9. The second kappa shape index (κ2) is 9.57. The standard InChI is InChI=1S/C22H32N4O3S/c1-17(2)15-26(30(28,29)13-12-18-10-8-7-9-11-18)16-21(27)23-20-14-19(22(3,4)5)24-25(20)6/h7-14,17H,15-16H2,1-6H3,(H,23,27)/b13-12+. The van der Waals surface area contributed by atoms with Gasteiger partial charge in [0.25, 0.3) is 0 Å². The number of hydrogen-bond donors (Lipinski definition) is 1. The smallest absolute Gasteiger partial charge is 0.240 e. The van der Waals surface area contributed by atoms with Gasteiger partial charge in [-0.05, 0) is 17.6 Å². The molecule has 1 aromatic carbocycles. The first-order chi connectivity index (χ1) is 13.9. The van der Waals surface area contributed by atoms with Gasteiger partial charge in [-0.15, -0.1) is 0 Å². The topological polar surface area (TPSA) is 84.3 Å². The van der Waals surface area contributed by atoms with E-state index in [-0.39, 0.29) is 24.4 Å². The molecular formula is C22H32N4O3S. The van der Waals surface area contributed by atoms with Crippen LogP contribution in [-0.4, -0.2) is 41.5 Å². The lowest BCUT2D eigenvalue weighted by atomic mass is 9.92. The normalized spacial score (nSPS) is 12.8. The molecule has 0 radical (unpaired) electrons. The molecule has 1 N–H and O–H groups in total. The van der Waals surface area contributed by atoms with Gasteiger partial charge in [-0.3, -0.25) is 9.48 Å². The minimum absolute atomic E-state index is 0.0712. The van der Waals surface area contributed by atoms with Crippen LogP contribution < -0.4 is 5.32 Å². The molecule has 0 bridgehead atoms. The number of nitrogens with zero attached hydrogens (tertiary/aromatic N) is 3. The second-order valence-electron chi connectivity index (χ2n) is 8.78. The quantitative estimate of drug-likeness (QED) is 0.691. The summed E-state index contributed by atoms with van der Waals surface area (Å²) in [5.41, 5.74) is 1.47. The van der Waals surface area contributed by atoms with Crippen molar-refractivity contribution in [2.45, 2.75) is 40.0 Å². The van der Waals surface area contributed by atoms with E-state index in [0.29, 0.717) is 5.82 Å². The number of anilines is 1. The summed E-state index contributed by atoms with van der Waals surface area (Å²) in [5, 5.41) is 8.37. The number of hydrogen-bond acceptors (Lipinski definition) is 4. The van der Waals surface area contributed by atoms with Gasteiger partial charge in [0, 0.05) is 30.5 Å². The molecule has 0 fully saturated rings. The molecule has 0 aliphatic rings. The van der Waals surface area contributed by atoms with Crippen molar-refractivity contribution >= 4 is 27.8 Å². The van der Waals surface area contributed by atoms with Crippen LogP contribution in [0.3, 0.4) is 0 Å². The van der Waals surface area contributed by atoms with Gasteiger partial charge in [-0.2, -0.15) is 9.40 Å². The van der Waals surface area contributed by atoms with Crippen LogP contribution in [0.25, 0.3) is 6.08 Å². The highest BCUT2D eigenvalue weighted by molar-refractivity contribution is 7.92. The molecule has 0 atom stereocenters. The van der Waals surface area contributed by atoms with Crippen molar-refractivity contribution in [1.29, 1.82) is 0 Å². The Hall–Kier alpha value is -2.45. The fourth-order valence-electron chi connectivity index (χ4n) is 2.77. The van der Waals surface area contributed by atoms with Crippen molar-refractivity contribution in [1.82, 2.24) is 14.1 Å². The summed E-state index contributed by atoms with van der Waals surface area (Å²) in [6.45, 7) is 9.92. The van der Waals surface area contributed by atoms with Crippen molar-refractivity contribution < 1.29 is 13.2 Å². The van der Waals surface area contributed by atoms with Crippen molar-refractivity contribution in [2.75, 3.05) is 18.4 Å². The highest BCUT2D eigenvalue weighted by Crippen LogP contribution is 2.23. The van der Waals surface area contributed by atoms with Crippen molar-refractivity contribution in [3.05, 3.63) is 53.1 Å². The largest absolute Gasteiger partial charge is 0.310 e. The predicted molar refractivity (Wildman–Crippen MR) is 121 cm³/mol. The molecule has 0 unspecified atom stereocenters. The molecule has 0 saturated heterocycles. The Morgan fingerprint density at radius 3 is 2.40 bits per heavy atom. The van der Waals surface area contributed by atoms with Crippen LogP contribution >= 0.6 is 0 Å². The lowest BCUT2D eigenvalue weighted by molar-refractivity contribution is -0.116. The maximum atomic E-state index is 12.9. The number of sulfonamides is 1. The van der Waals surface area contributed by atoms with Crippen LogP contribution in [-0.2, 0) is 27.3 Å². The number of aryl methyl sites for hydroxylation is 1. The van der Waals surface area contributed by atoms with Crippen molar-refractivity contribution in [3.63, 3.8) is 0 Å². The average Bonchev–Trinajstić information content (AvgIpc) is 3.01. The molecule has 2 aromatic rings. The van der Waals surface area contributed by atoms with Gasteiger partial charge in [0.05, 0.1) is 12.2 Å². The molecule has 2 rings (SSSR count). The van der Waals surface area contributed by atoms with Crippen LogP contribution in [0.2, 0.25) is 0 Å². The van der Waals surface area contributed by atoms with E-state index in [1.807, 2.05) is 71.0 Å². The zero-order valence-electron chi connectivity index (χ0n) is 18.6. The Balaban J connectivity index is 2.16. The molecule has 1 heterocycles. The van der Waals surface area contributed by atoms with Crippen LogP contribution in [0.15, 0.2) is 41.8 Å². The van der Waals surface area contributed by atoms with Crippen LogP contribution in [0.4, 0.5) is 5.82 Å². The second-order valence-corrected chi connectivity index (χ2v) is 10.6. The third-order valence-corrected chi connectivity index (χ3v) is 5.87. The minimum atomic E-state index is -3.76. The van der Waals surface area contributed by atoms with Gasteiger partial charge in [0.1, 0.15) is 5.82 Å². The molecule has 0 spiro atoms. The van der Waals surface area contributed by atoms with Gasteiger partial charge in [-0.25, -0.2) is 8.42 Å². The summed E-state index contributed by atoms with van der Waals surface area (Å²) in [4.78, 5) is 12.7. The maximum Gasteiger partial charge on any atom is 0.240 e. The lowest BCUT2D eigenvalue weighted by Gasteiger charge is -2.21. The number of rotatable bonds is 8. The Kier molecular flexibility index (Phi) is 7.60. The van der Waals surface area contributed by atoms with E-state index in [9.17, 15) is 13.2 Å². The summed E-state index contributed by atoms with van der Waals surface area (Å²) in [5.74, 6) is 0.198. The van der Waals surface area contributed by atoms with Crippen LogP contribution in [0, 0.1) is 5.92 Å². The number of aromatic nitrogens is 2. The molecule has 8 heteroatoms. The molecule has 1 amide bonds. The van der Waals surface area contributed by atoms with Gasteiger partial charge < -0.3 is 5.32 Å². The van der Waals surface area contributed by atoms with Gasteiger partial charge >= 0.3 is 0 Å². The number of amides is 1. The van der Waals surface area contributed by atoms with E-state index in [4.69, 9.17) is 0 Å². The fraction of sp³-hybridized carbons (Fsp3) is 0.455. The monoisotopic (exact) mass is 432 g/mol. The first-order valence-electron chi connectivity index (χ1n) is 9.96. The predicted octanol–water partition coefficient (Wildman–Crippen LogP) is 3.61. The first kappa shape index (κ1) is 23.8. The Bertz CT molecular complexity index is 987. The third kappa shape index (κ3) is 6.81. The minimum Gasteiger partial charge on any atom is -0.310 e. The van der Waals surface area contributed by atoms with E-state index in [0.717, 1.165) is 16.7 Å². The Morgan fingerprint density at radius 2 is 1.87 bits per heavy atom. The van der Waals surface area contributed by atoms with Gasteiger partial charge in [-0.1, -0.05) is 65.0 Å². The molecule has 30 heavy (non-hydrogen) atoms. The van der Waals surface area contributed by atoms with E-state index in [1.165, 1.54) is 10.4 Å². The molecule has 7 nitrogen and oxygen atoms in total. The van der Waals surface area contributed by atoms with E-state index in [2.05, 4.69) is 10.4 Å². The average molecular weight is 433 g/mol. The van der Waals surface area contributed by atoms with Gasteiger partial charge in [0.15, 0.2) is 0 Å². The zero-order valence-corrected chi connectivity index (χ0v) is 19.4. The Morgan fingerprint density at radius 1 is 1.23 bits per heavy atom. The third-order valence-electron chi connectivity index (χ3n) is 4.40. The van der Waals surface area contributed by atoms with Crippen LogP contribution in [0.5, 0.6) is 0 Å². The number of nitrogens with one attached hydrogen (secondary N) is 1. The summed E-state index contributed by atoms with van der Waals surface area (Å²) in [7, 11) is -2.02. The highest BCUT2D eigenvalue weighted by Gasteiger charge is 2.25. The van der Waals surface area contributed by atoms with Crippen molar-refractivity contribution in [2.24, 2.45) is 13.0 Å². The molecule has 1 aromatic heterocycles. The SMILES string of the molecule is CC(C)CN(CC(=O)Nc1cc(C(C)(C)C)nn1C)S(=O)(=O)/C=C/c1ccccc1. The summed E-state index contributed by atoms with van der Waals surface area (Å²) in [6.07, 6.45) is 1.54. The van der Waals surface area contributed by atoms with Crippen molar-refractivity contribution in [3.8, 4) is 0 Å². The number of benzene rings is 1. The fourth-order valence-corrected chi connectivity index (χ4v) is 4.08. The summed E-state index contributed by atoms with van der Waals surface area (Å²) < 4.78 is 28.5. The van der Waals surface area contributed by atoms with E-state index < -0.39 is 15.9 Å². The van der Waals surface area contributed by atoms with E-state index in [1.54, 1.807) is 11.7 Å². The molecule has 164 valence electrons. The summed E-state index contributed by atoms with van der Waals surface area (Å²) >= 11 is 0. The first-order valence-corrected chi connectivity index (χ1v) is 11.5. The van der Waals surface area contributed by atoms with Crippen LogP contribution in [0.1, 0.15) is 45.9 Å². The molecule has 0 saturated carbocycles. The number of carbonyl (C=O) groups is 1. The number of carbonyl (C=O) groups excluding carboxylic acids is 1. The van der Waals surface area contributed by atoms with Gasteiger partial charge in [0.2, 0.25) is 15.9 Å². The highest BCUT2D eigenvalue weighted by atomic mass is 32.2. The zero-order chi connectivity index (χ0) is 22.5. The molecular weight excluding hydrogens is 400 g/mol. The lowest BCUT2D eigenvalue weighted by Crippen LogP contribution is -2.39.